The average molecular weight is 253 g/mol. The summed E-state index contributed by atoms with van der Waals surface area (Å²) >= 11 is 5.54. The van der Waals surface area contributed by atoms with E-state index < -0.39 is 24.9 Å². The number of hydrogen-bond donors (Lipinski definition) is 1. The molecular weight excluding hydrogens is 245 g/mol. The molecule has 88 valence electrons. The van der Waals surface area contributed by atoms with Crippen LogP contribution >= 0.6 is 11.6 Å². The lowest BCUT2D eigenvalue weighted by Gasteiger charge is -2.07. The minimum absolute atomic E-state index is 0.161. The molecule has 1 heterocycles. The molecule has 0 aliphatic heterocycles. The number of hydrogen-bond acceptors (Lipinski definition) is 2. The molecule has 0 aliphatic carbocycles. The second kappa shape index (κ2) is 5.16. The van der Waals surface area contributed by atoms with Crippen molar-refractivity contribution in [3.8, 4) is 0 Å². The highest BCUT2D eigenvalue weighted by Gasteiger charge is 2.27. The molecule has 0 saturated carbocycles. The van der Waals surface area contributed by atoms with Gasteiger partial charge in [-0.1, -0.05) is 11.6 Å². The number of aromatic nitrogens is 1. The molecule has 0 atom stereocenters. The van der Waals surface area contributed by atoms with E-state index in [1.165, 1.54) is 18.3 Å². The Hall–Kier alpha value is -1.30. The first-order chi connectivity index (χ1) is 7.37. The van der Waals surface area contributed by atoms with Crippen LogP contribution in [-0.4, -0.2) is 17.1 Å². The molecule has 0 aromatic carbocycles. The number of halogens is 4. The van der Waals surface area contributed by atoms with Gasteiger partial charge in [0.2, 0.25) is 5.91 Å². The number of nitrogens with zero attached hydrogens (tertiary/aromatic N) is 1. The highest BCUT2D eigenvalue weighted by molar-refractivity contribution is 6.29. The first-order valence-corrected chi connectivity index (χ1v) is 4.73. The molecule has 1 N–H and O–H groups in total. The van der Waals surface area contributed by atoms with Gasteiger partial charge in [0.15, 0.2) is 0 Å². The molecule has 1 aromatic rings. The lowest BCUT2D eigenvalue weighted by molar-refractivity contribution is -0.142. The molecule has 1 amide bonds. The van der Waals surface area contributed by atoms with Crippen molar-refractivity contribution in [1.82, 2.24) is 4.98 Å². The van der Waals surface area contributed by atoms with Gasteiger partial charge in [-0.05, 0) is 12.1 Å². The van der Waals surface area contributed by atoms with Gasteiger partial charge in [0.25, 0.3) is 0 Å². The van der Waals surface area contributed by atoms with Crippen LogP contribution in [0, 0.1) is 0 Å². The molecule has 0 bridgehead atoms. The zero-order chi connectivity index (χ0) is 12.2. The highest BCUT2D eigenvalue weighted by atomic mass is 35.5. The van der Waals surface area contributed by atoms with Crippen molar-refractivity contribution in [2.75, 3.05) is 5.32 Å². The minimum Gasteiger partial charge on any atom is -0.326 e. The molecule has 0 saturated heterocycles. The Balaban J connectivity index is 2.46. The molecular formula is C9H8ClF3N2O. The topological polar surface area (TPSA) is 42.0 Å². The van der Waals surface area contributed by atoms with Gasteiger partial charge in [0.05, 0.1) is 6.42 Å². The van der Waals surface area contributed by atoms with Gasteiger partial charge in [-0.25, -0.2) is 4.98 Å². The number of nitrogens with one attached hydrogen (secondary N) is 1. The maximum Gasteiger partial charge on any atom is 0.389 e. The number of pyridine rings is 1. The van der Waals surface area contributed by atoms with Gasteiger partial charge < -0.3 is 5.32 Å². The summed E-state index contributed by atoms with van der Waals surface area (Å²) < 4.78 is 35.4. The molecule has 0 unspecified atom stereocenters. The standard InChI is InChI=1S/C9H8ClF3N2O/c10-7-5-6(2-4-14-7)15-8(16)1-3-9(11,12)13/h2,4-5H,1,3H2,(H,14,15,16). The number of amides is 1. The van der Waals surface area contributed by atoms with Crippen LogP contribution in [0.5, 0.6) is 0 Å². The third-order valence-corrected chi connectivity index (χ3v) is 1.85. The van der Waals surface area contributed by atoms with E-state index >= 15 is 0 Å². The number of carbonyl (C=O) groups is 1. The van der Waals surface area contributed by atoms with Crippen molar-refractivity contribution >= 4 is 23.2 Å². The fraction of sp³-hybridized carbons (Fsp3) is 0.333. The third-order valence-electron chi connectivity index (χ3n) is 1.65. The number of carbonyl (C=O) groups excluding carboxylic acids is 1. The first-order valence-electron chi connectivity index (χ1n) is 4.35. The fourth-order valence-corrected chi connectivity index (χ4v) is 1.13. The summed E-state index contributed by atoms with van der Waals surface area (Å²) in [6.07, 6.45) is -4.73. The van der Waals surface area contributed by atoms with Crippen molar-refractivity contribution in [2.24, 2.45) is 0 Å². The zero-order valence-corrected chi connectivity index (χ0v) is 8.77. The number of alkyl halides is 3. The number of rotatable bonds is 3. The fourth-order valence-electron chi connectivity index (χ4n) is 0.959. The van der Waals surface area contributed by atoms with E-state index in [1.807, 2.05) is 0 Å². The van der Waals surface area contributed by atoms with E-state index in [2.05, 4.69) is 10.3 Å². The van der Waals surface area contributed by atoms with Gasteiger partial charge >= 0.3 is 6.18 Å². The Labute approximate surface area is 94.6 Å². The smallest absolute Gasteiger partial charge is 0.326 e. The molecule has 0 fully saturated rings. The molecule has 1 rings (SSSR count). The van der Waals surface area contributed by atoms with Gasteiger partial charge in [-0.3, -0.25) is 4.79 Å². The highest BCUT2D eigenvalue weighted by Crippen LogP contribution is 2.21. The Morgan fingerprint density at radius 2 is 2.19 bits per heavy atom. The van der Waals surface area contributed by atoms with Crippen LogP contribution in [0.4, 0.5) is 18.9 Å². The molecule has 3 nitrogen and oxygen atoms in total. The molecule has 7 heteroatoms. The number of anilines is 1. The lowest BCUT2D eigenvalue weighted by Crippen LogP contribution is -2.16. The SMILES string of the molecule is O=C(CCC(F)(F)F)Nc1ccnc(Cl)c1. The second-order valence-electron chi connectivity index (χ2n) is 3.03. The van der Waals surface area contributed by atoms with Crippen molar-refractivity contribution < 1.29 is 18.0 Å². The quantitative estimate of drug-likeness (QED) is 0.840. The van der Waals surface area contributed by atoms with E-state index in [1.54, 1.807) is 0 Å². The van der Waals surface area contributed by atoms with Crippen LogP contribution in [0.15, 0.2) is 18.3 Å². The third kappa shape index (κ3) is 4.97. The Morgan fingerprint density at radius 3 is 2.75 bits per heavy atom. The molecule has 16 heavy (non-hydrogen) atoms. The van der Waals surface area contributed by atoms with Crippen molar-refractivity contribution in [3.63, 3.8) is 0 Å². The first kappa shape index (κ1) is 12.8. The summed E-state index contributed by atoms with van der Waals surface area (Å²) in [4.78, 5) is 14.8. The molecule has 0 radical (unpaired) electrons. The van der Waals surface area contributed by atoms with E-state index in [-0.39, 0.29) is 5.15 Å². The summed E-state index contributed by atoms with van der Waals surface area (Å²) in [5, 5.41) is 2.45. The summed E-state index contributed by atoms with van der Waals surface area (Å²) in [7, 11) is 0. The molecule has 1 aromatic heterocycles. The molecule has 0 aliphatic rings. The predicted octanol–water partition coefficient (Wildman–Crippen LogP) is 3.02. The average Bonchev–Trinajstić information content (AvgIpc) is 2.14. The van der Waals surface area contributed by atoms with E-state index in [0.717, 1.165) is 0 Å². The van der Waals surface area contributed by atoms with Crippen LogP contribution in [0.25, 0.3) is 0 Å². The largest absolute Gasteiger partial charge is 0.389 e. The predicted molar refractivity (Wildman–Crippen MR) is 53.2 cm³/mol. The second-order valence-corrected chi connectivity index (χ2v) is 3.42. The zero-order valence-electron chi connectivity index (χ0n) is 8.01. The lowest BCUT2D eigenvalue weighted by atomic mass is 10.3. The van der Waals surface area contributed by atoms with Gasteiger partial charge in [0.1, 0.15) is 5.15 Å². The van der Waals surface area contributed by atoms with Gasteiger partial charge in [-0.2, -0.15) is 13.2 Å². The van der Waals surface area contributed by atoms with Gasteiger partial charge in [0, 0.05) is 18.3 Å². The van der Waals surface area contributed by atoms with Gasteiger partial charge in [-0.15, -0.1) is 0 Å². The summed E-state index contributed by atoms with van der Waals surface area (Å²) in [6, 6.07) is 2.80. The van der Waals surface area contributed by atoms with Crippen LogP contribution < -0.4 is 5.32 Å². The van der Waals surface area contributed by atoms with Crippen LogP contribution in [0.1, 0.15) is 12.8 Å². The monoisotopic (exact) mass is 252 g/mol. The van der Waals surface area contributed by atoms with Crippen molar-refractivity contribution in [1.29, 1.82) is 0 Å². The maximum atomic E-state index is 11.8. The van der Waals surface area contributed by atoms with Crippen molar-refractivity contribution in [3.05, 3.63) is 23.5 Å². The normalized spacial score (nSPS) is 11.2. The summed E-state index contributed by atoms with van der Waals surface area (Å²) in [5.74, 6) is -0.709. The molecule has 0 spiro atoms. The Bertz CT molecular complexity index is 381. The van der Waals surface area contributed by atoms with E-state index in [9.17, 15) is 18.0 Å². The van der Waals surface area contributed by atoms with Crippen LogP contribution in [0.3, 0.4) is 0 Å². The Morgan fingerprint density at radius 1 is 1.50 bits per heavy atom. The maximum absolute atomic E-state index is 11.8. The summed E-state index contributed by atoms with van der Waals surface area (Å²) in [5.41, 5.74) is 0.326. The van der Waals surface area contributed by atoms with Crippen LogP contribution in [-0.2, 0) is 4.79 Å². The van der Waals surface area contributed by atoms with E-state index in [4.69, 9.17) is 11.6 Å². The van der Waals surface area contributed by atoms with E-state index in [0.29, 0.717) is 5.69 Å². The summed E-state index contributed by atoms with van der Waals surface area (Å²) in [6.45, 7) is 0. The van der Waals surface area contributed by atoms with Crippen LogP contribution in [0.2, 0.25) is 5.15 Å². The Kier molecular flexibility index (Phi) is 4.12. The minimum atomic E-state index is -4.33. The van der Waals surface area contributed by atoms with Crippen molar-refractivity contribution in [2.45, 2.75) is 19.0 Å².